The Kier molecular flexibility index (Phi) is 6.41. The Hall–Kier alpha value is -1.87. The van der Waals surface area contributed by atoms with Gasteiger partial charge in [-0.2, -0.15) is 0 Å². The van der Waals surface area contributed by atoms with Crippen molar-refractivity contribution in [3.8, 4) is 5.75 Å². The number of hydrogen-bond donors (Lipinski definition) is 1. The number of nitro benzene ring substituents is 1. The molecule has 0 fully saturated rings. The normalized spacial score (nSPS) is 10.4. The Morgan fingerprint density at radius 3 is 3.00 bits per heavy atom. The van der Waals surface area contributed by atoms with Crippen LogP contribution in [0, 0.1) is 10.1 Å². The number of nitro groups is 1. The molecule has 2 rings (SSSR count). The molecule has 0 aliphatic carbocycles. The molecule has 1 aromatic heterocycles. The first-order chi connectivity index (χ1) is 10.7. The van der Waals surface area contributed by atoms with E-state index in [9.17, 15) is 10.1 Å². The van der Waals surface area contributed by atoms with Gasteiger partial charge in [-0.1, -0.05) is 42.2 Å². The number of aromatic nitrogens is 2. The van der Waals surface area contributed by atoms with Crippen molar-refractivity contribution in [1.82, 2.24) is 10.2 Å². The molecule has 0 saturated carbocycles. The number of nitrogens with one attached hydrogen (secondary N) is 1. The maximum absolute atomic E-state index is 10.9. The van der Waals surface area contributed by atoms with Gasteiger partial charge in [0.25, 0.3) is 0 Å². The van der Waals surface area contributed by atoms with Crippen LogP contribution in [0.5, 0.6) is 5.75 Å². The summed E-state index contributed by atoms with van der Waals surface area (Å²) in [5.41, 5.74) is -0.0190. The molecule has 0 spiro atoms. The Balaban J connectivity index is 1.77. The molecule has 0 amide bonds. The molecule has 22 heavy (non-hydrogen) atoms. The maximum Gasteiger partial charge on any atom is 0.310 e. The fourth-order valence-electron chi connectivity index (χ4n) is 1.58. The zero-order chi connectivity index (χ0) is 15.8. The number of ether oxygens (including phenoxy) is 1. The molecule has 1 heterocycles. The van der Waals surface area contributed by atoms with Gasteiger partial charge in [-0.15, -0.1) is 10.2 Å². The van der Waals surface area contributed by atoms with Crippen molar-refractivity contribution in [3.63, 3.8) is 0 Å². The highest BCUT2D eigenvalue weighted by Crippen LogP contribution is 2.28. The molecule has 0 aliphatic rings. The molecule has 0 unspecified atom stereocenters. The molecule has 2 aromatic rings. The maximum atomic E-state index is 10.9. The summed E-state index contributed by atoms with van der Waals surface area (Å²) >= 11 is 3.01. The molecule has 7 nitrogen and oxygen atoms in total. The SMILES string of the molecule is CCCNc1nnc(SCCOc2ccccc2[N+](=O)[O-])s1. The summed E-state index contributed by atoms with van der Waals surface area (Å²) in [6.07, 6.45) is 1.03. The van der Waals surface area contributed by atoms with Crippen LogP contribution in [0.1, 0.15) is 13.3 Å². The van der Waals surface area contributed by atoms with Gasteiger partial charge in [0.2, 0.25) is 5.13 Å². The van der Waals surface area contributed by atoms with Crippen LogP contribution >= 0.6 is 23.1 Å². The van der Waals surface area contributed by atoms with Crippen molar-refractivity contribution in [2.75, 3.05) is 24.2 Å². The third kappa shape index (κ3) is 4.85. The van der Waals surface area contributed by atoms with Gasteiger partial charge in [0, 0.05) is 18.4 Å². The summed E-state index contributed by atoms with van der Waals surface area (Å²) in [4.78, 5) is 10.4. The van der Waals surface area contributed by atoms with E-state index >= 15 is 0 Å². The zero-order valence-electron chi connectivity index (χ0n) is 12.0. The van der Waals surface area contributed by atoms with Crippen LogP contribution in [0.4, 0.5) is 10.8 Å². The first-order valence-electron chi connectivity index (χ1n) is 6.77. The Labute approximate surface area is 136 Å². The van der Waals surface area contributed by atoms with E-state index in [0.29, 0.717) is 12.4 Å². The number of para-hydroxylation sites is 2. The number of benzene rings is 1. The number of thioether (sulfide) groups is 1. The lowest BCUT2D eigenvalue weighted by atomic mass is 10.3. The predicted molar refractivity (Wildman–Crippen MR) is 88.0 cm³/mol. The zero-order valence-corrected chi connectivity index (χ0v) is 13.7. The average molecular weight is 340 g/mol. The summed E-state index contributed by atoms with van der Waals surface area (Å²) in [5, 5.41) is 22.9. The highest BCUT2D eigenvalue weighted by atomic mass is 32.2. The number of nitrogens with zero attached hydrogens (tertiary/aromatic N) is 3. The lowest BCUT2D eigenvalue weighted by molar-refractivity contribution is -0.385. The molecule has 0 radical (unpaired) electrons. The van der Waals surface area contributed by atoms with E-state index in [-0.39, 0.29) is 11.4 Å². The van der Waals surface area contributed by atoms with E-state index in [0.717, 1.165) is 22.4 Å². The lowest BCUT2D eigenvalue weighted by Gasteiger charge is -2.05. The molecule has 0 bridgehead atoms. The van der Waals surface area contributed by atoms with E-state index < -0.39 is 4.92 Å². The molecular formula is C13H16N4O3S2. The van der Waals surface area contributed by atoms with Gasteiger partial charge < -0.3 is 10.1 Å². The second-order valence-electron chi connectivity index (χ2n) is 4.22. The molecule has 0 atom stereocenters. The Morgan fingerprint density at radius 2 is 2.23 bits per heavy atom. The summed E-state index contributed by atoms with van der Waals surface area (Å²) < 4.78 is 6.32. The Morgan fingerprint density at radius 1 is 1.41 bits per heavy atom. The standard InChI is InChI=1S/C13H16N4O3S2/c1-2-7-14-12-15-16-13(22-12)21-9-8-20-11-6-4-3-5-10(11)17(18)19/h3-6H,2,7-9H2,1H3,(H,14,15). The molecule has 9 heteroatoms. The first-order valence-corrected chi connectivity index (χ1v) is 8.57. The van der Waals surface area contributed by atoms with Crippen LogP contribution in [-0.4, -0.2) is 34.0 Å². The van der Waals surface area contributed by atoms with Crippen molar-refractivity contribution >= 4 is 33.9 Å². The van der Waals surface area contributed by atoms with Gasteiger partial charge >= 0.3 is 5.69 Å². The van der Waals surface area contributed by atoms with Crippen molar-refractivity contribution in [3.05, 3.63) is 34.4 Å². The van der Waals surface area contributed by atoms with Gasteiger partial charge in [0.1, 0.15) is 0 Å². The minimum absolute atomic E-state index is 0.0190. The van der Waals surface area contributed by atoms with Gasteiger partial charge in [-0.25, -0.2) is 0 Å². The minimum Gasteiger partial charge on any atom is -0.486 e. The molecular weight excluding hydrogens is 324 g/mol. The van der Waals surface area contributed by atoms with Crippen LogP contribution < -0.4 is 10.1 Å². The van der Waals surface area contributed by atoms with E-state index in [1.807, 2.05) is 0 Å². The second kappa shape index (κ2) is 8.54. The first kappa shape index (κ1) is 16.5. The van der Waals surface area contributed by atoms with Gasteiger partial charge in [0.15, 0.2) is 10.1 Å². The lowest BCUT2D eigenvalue weighted by Crippen LogP contribution is -2.02. The van der Waals surface area contributed by atoms with Crippen molar-refractivity contribution in [2.24, 2.45) is 0 Å². The molecule has 1 N–H and O–H groups in total. The van der Waals surface area contributed by atoms with Gasteiger partial charge in [-0.3, -0.25) is 10.1 Å². The monoisotopic (exact) mass is 340 g/mol. The number of anilines is 1. The van der Waals surface area contributed by atoms with Crippen LogP contribution in [0.15, 0.2) is 28.6 Å². The van der Waals surface area contributed by atoms with E-state index in [2.05, 4.69) is 22.4 Å². The quantitative estimate of drug-likeness (QED) is 0.323. The highest BCUT2D eigenvalue weighted by Gasteiger charge is 2.13. The van der Waals surface area contributed by atoms with E-state index in [4.69, 9.17) is 4.74 Å². The summed E-state index contributed by atoms with van der Waals surface area (Å²) in [6, 6.07) is 6.36. The van der Waals surface area contributed by atoms with Crippen molar-refractivity contribution in [1.29, 1.82) is 0 Å². The largest absolute Gasteiger partial charge is 0.486 e. The van der Waals surface area contributed by atoms with Crippen molar-refractivity contribution < 1.29 is 9.66 Å². The van der Waals surface area contributed by atoms with E-state index in [1.165, 1.54) is 29.2 Å². The third-order valence-electron chi connectivity index (χ3n) is 2.56. The fourth-order valence-corrected chi connectivity index (χ4v) is 3.25. The number of hydrogen-bond acceptors (Lipinski definition) is 8. The van der Waals surface area contributed by atoms with Gasteiger partial charge in [0.05, 0.1) is 11.5 Å². The van der Waals surface area contributed by atoms with E-state index in [1.54, 1.807) is 18.2 Å². The van der Waals surface area contributed by atoms with Crippen LogP contribution in [0.3, 0.4) is 0 Å². The minimum atomic E-state index is -0.446. The molecule has 118 valence electrons. The smallest absolute Gasteiger partial charge is 0.310 e. The summed E-state index contributed by atoms with van der Waals surface area (Å²) in [5.74, 6) is 0.935. The third-order valence-corrected chi connectivity index (χ3v) is 4.54. The highest BCUT2D eigenvalue weighted by molar-refractivity contribution is 8.01. The van der Waals surface area contributed by atoms with Crippen LogP contribution in [-0.2, 0) is 0 Å². The Bertz CT molecular complexity index is 621. The second-order valence-corrected chi connectivity index (χ2v) is 6.54. The topological polar surface area (TPSA) is 90.2 Å². The molecule has 1 aromatic carbocycles. The molecule has 0 aliphatic heterocycles. The summed E-state index contributed by atoms with van der Waals surface area (Å²) in [6.45, 7) is 3.33. The fraction of sp³-hybridized carbons (Fsp3) is 0.385. The predicted octanol–water partition coefficient (Wildman–Crippen LogP) is 3.44. The summed E-state index contributed by atoms with van der Waals surface area (Å²) in [7, 11) is 0. The molecule has 0 saturated heterocycles. The average Bonchev–Trinajstić information content (AvgIpc) is 2.97. The van der Waals surface area contributed by atoms with Crippen LogP contribution in [0.25, 0.3) is 0 Å². The van der Waals surface area contributed by atoms with Gasteiger partial charge in [-0.05, 0) is 12.5 Å². The van der Waals surface area contributed by atoms with Crippen LogP contribution in [0.2, 0.25) is 0 Å². The van der Waals surface area contributed by atoms with Crippen molar-refractivity contribution in [2.45, 2.75) is 17.7 Å². The number of rotatable bonds is 9.